The molecule has 0 saturated carbocycles. The summed E-state index contributed by atoms with van der Waals surface area (Å²) < 4.78 is 11.6. The van der Waals surface area contributed by atoms with Crippen LogP contribution < -0.4 is 14.8 Å². The average molecular weight is 362 g/mol. The number of unbranched alkanes of at least 4 members (excludes halogenated alkanes) is 3. The predicted molar refractivity (Wildman–Crippen MR) is 103 cm³/mol. The number of amides is 1. The molecule has 1 heterocycles. The molecule has 136 valence electrons. The first-order valence-electron chi connectivity index (χ1n) is 8.62. The van der Waals surface area contributed by atoms with E-state index in [9.17, 15) is 4.79 Å². The van der Waals surface area contributed by atoms with Crippen LogP contribution in [0.2, 0.25) is 0 Å². The molecule has 6 heteroatoms. The van der Waals surface area contributed by atoms with Crippen LogP contribution in [0, 0.1) is 6.92 Å². The van der Waals surface area contributed by atoms with Crippen LogP contribution in [0.25, 0.3) is 10.4 Å². The van der Waals surface area contributed by atoms with Gasteiger partial charge in [0.15, 0.2) is 16.6 Å². The molecular weight excluding hydrogens is 336 g/mol. The van der Waals surface area contributed by atoms with Gasteiger partial charge < -0.3 is 14.8 Å². The summed E-state index contributed by atoms with van der Waals surface area (Å²) in [6, 6.07) is 5.87. The van der Waals surface area contributed by atoms with Gasteiger partial charge in [0.05, 0.1) is 24.3 Å². The summed E-state index contributed by atoms with van der Waals surface area (Å²) in [7, 11) is 1.65. The highest BCUT2D eigenvalue weighted by atomic mass is 32.1. The van der Waals surface area contributed by atoms with E-state index in [-0.39, 0.29) is 5.91 Å². The quantitative estimate of drug-likeness (QED) is 0.635. The second-order valence-corrected chi connectivity index (χ2v) is 6.86. The van der Waals surface area contributed by atoms with Crippen LogP contribution in [0.1, 0.15) is 45.2 Å². The van der Waals surface area contributed by atoms with Gasteiger partial charge >= 0.3 is 0 Å². The number of carbonyl (C=O) groups excluding carboxylic acids is 1. The summed E-state index contributed by atoms with van der Waals surface area (Å²) >= 11 is 1.44. The number of hydrogen-bond donors (Lipinski definition) is 1. The third-order valence-corrected chi connectivity index (χ3v) is 4.87. The van der Waals surface area contributed by atoms with Gasteiger partial charge in [0, 0.05) is 12.5 Å². The van der Waals surface area contributed by atoms with Crippen molar-refractivity contribution in [2.45, 2.75) is 46.5 Å². The van der Waals surface area contributed by atoms with Gasteiger partial charge in [-0.25, -0.2) is 4.98 Å². The smallest absolute Gasteiger partial charge is 0.223 e. The molecule has 0 bridgehead atoms. The molecule has 25 heavy (non-hydrogen) atoms. The summed E-state index contributed by atoms with van der Waals surface area (Å²) in [6.07, 6.45) is 4.65. The Labute approximate surface area is 153 Å². The standard InChI is InChI=1S/C19H26N2O3S/c1-5-6-7-8-12-24-16-11-9-10-15(17(16)23-4)18-13(2)20-19(25-18)21-14(3)22/h9-11H,5-8,12H2,1-4H3,(H,20,21,22). The average Bonchev–Trinajstić information content (AvgIpc) is 2.93. The van der Waals surface area contributed by atoms with Crippen molar-refractivity contribution < 1.29 is 14.3 Å². The zero-order chi connectivity index (χ0) is 18.2. The molecule has 0 aliphatic rings. The Bertz CT molecular complexity index is 713. The van der Waals surface area contributed by atoms with Crippen molar-refractivity contribution in [1.82, 2.24) is 4.98 Å². The zero-order valence-electron chi connectivity index (χ0n) is 15.3. The van der Waals surface area contributed by atoms with Crippen molar-refractivity contribution in [1.29, 1.82) is 0 Å². The lowest BCUT2D eigenvalue weighted by atomic mass is 10.1. The van der Waals surface area contributed by atoms with Crippen LogP contribution in [-0.4, -0.2) is 24.6 Å². The molecule has 1 aromatic carbocycles. The minimum atomic E-state index is -0.128. The van der Waals surface area contributed by atoms with Crippen LogP contribution in [-0.2, 0) is 4.79 Å². The number of rotatable bonds is 9. The predicted octanol–water partition coefficient (Wildman–Crippen LogP) is 5.04. The number of nitrogens with one attached hydrogen (secondary N) is 1. The van der Waals surface area contributed by atoms with Gasteiger partial charge in [0.1, 0.15) is 0 Å². The number of aryl methyl sites for hydroxylation is 1. The maximum atomic E-state index is 11.3. The molecule has 2 rings (SSSR count). The summed E-state index contributed by atoms with van der Waals surface area (Å²) in [5, 5.41) is 3.33. The second-order valence-electron chi connectivity index (χ2n) is 5.86. The van der Waals surface area contributed by atoms with E-state index in [1.54, 1.807) is 7.11 Å². The molecule has 1 N–H and O–H groups in total. The van der Waals surface area contributed by atoms with E-state index in [1.807, 2.05) is 25.1 Å². The fourth-order valence-corrected chi connectivity index (χ4v) is 3.61. The fourth-order valence-electron chi connectivity index (χ4n) is 2.58. The van der Waals surface area contributed by atoms with Gasteiger partial charge in [-0.2, -0.15) is 0 Å². The van der Waals surface area contributed by atoms with E-state index in [2.05, 4.69) is 17.2 Å². The summed E-state index contributed by atoms with van der Waals surface area (Å²) in [5.41, 5.74) is 1.78. The molecule has 2 aromatic rings. The minimum Gasteiger partial charge on any atom is -0.492 e. The van der Waals surface area contributed by atoms with E-state index in [0.29, 0.717) is 17.5 Å². The minimum absolute atomic E-state index is 0.128. The van der Waals surface area contributed by atoms with Crippen LogP contribution in [0.5, 0.6) is 11.5 Å². The third kappa shape index (κ3) is 5.19. The number of aromatic nitrogens is 1. The number of anilines is 1. The van der Waals surface area contributed by atoms with Crippen molar-refractivity contribution in [3.05, 3.63) is 23.9 Å². The third-order valence-electron chi connectivity index (χ3n) is 3.76. The molecule has 5 nitrogen and oxygen atoms in total. The first-order chi connectivity index (χ1) is 12.1. The molecule has 1 amide bonds. The molecule has 0 spiro atoms. The van der Waals surface area contributed by atoms with Crippen molar-refractivity contribution in [2.24, 2.45) is 0 Å². The molecule has 0 aliphatic carbocycles. The summed E-state index contributed by atoms with van der Waals surface area (Å²) in [6.45, 7) is 6.28. The highest BCUT2D eigenvalue weighted by molar-refractivity contribution is 7.19. The Morgan fingerprint density at radius 3 is 2.76 bits per heavy atom. The number of methoxy groups -OCH3 is 1. The second kappa shape index (κ2) is 9.42. The van der Waals surface area contributed by atoms with Crippen molar-refractivity contribution in [3.63, 3.8) is 0 Å². The molecule has 0 unspecified atom stereocenters. The van der Waals surface area contributed by atoms with Crippen LogP contribution in [0.3, 0.4) is 0 Å². The Morgan fingerprint density at radius 1 is 1.28 bits per heavy atom. The lowest BCUT2D eigenvalue weighted by Crippen LogP contribution is -2.04. The topological polar surface area (TPSA) is 60.5 Å². The lowest BCUT2D eigenvalue weighted by Gasteiger charge is -2.14. The van der Waals surface area contributed by atoms with Crippen LogP contribution in [0.4, 0.5) is 5.13 Å². The number of benzene rings is 1. The van der Waals surface area contributed by atoms with Gasteiger partial charge in [-0.15, -0.1) is 0 Å². The Balaban J connectivity index is 2.22. The van der Waals surface area contributed by atoms with Crippen LogP contribution >= 0.6 is 11.3 Å². The number of hydrogen-bond acceptors (Lipinski definition) is 5. The maximum absolute atomic E-state index is 11.3. The molecule has 0 aliphatic heterocycles. The monoisotopic (exact) mass is 362 g/mol. The van der Waals surface area contributed by atoms with Gasteiger partial charge in [0.25, 0.3) is 0 Å². The highest BCUT2D eigenvalue weighted by Crippen LogP contribution is 2.42. The van der Waals surface area contributed by atoms with Crippen molar-refractivity contribution in [3.8, 4) is 21.9 Å². The summed E-state index contributed by atoms with van der Waals surface area (Å²) in [5.74, 6) is 1.32. The normalized spacial score (nSPS) is 10.6. The zero-order valence-corrected chi connectivity index (χ0v) is 16.2. The van der Waals surface area contributed by atoms with Gasteiger partial charge in [-0.1, -0.05) is 43.6 Å². The number of para-hydroxylation sites is 1. The van der Waals surface area contributed by atoms with E-state index in [4.69, 9.17) is 9.47 Å². The van der Waals surface area contributed by atoms with Gasteiger partial charge in [0.2, 0.25) is 5.91 Å². The van der Waals surface area contributed by atoms with E-state index < -0.39 is 0 Å². The lowest BCUT2D eigenvalue weighted by molar-refractivity contribution is -0.114. The fraction of sp³-hybridized carbons (Fsp3) is 0.474. The number of carbonyl (C=O) groups is 1. The molecule has 0 radical (unpaired) electrons. The van der Waals surface area contributed by atoms with Gasteiger partial charge in [-0.3, -0.25) is 4.79 Å². The largest absolute Gasteiger partial charge is 0.492 e. The first kappa shape index (κ1) is 19.2. The number of nitrogens with zero attached hydrogens (tertiary/aromatic N) is 1. The Kier molecular flexibility index (Phi) is 7.25. The highest BCUT2D eigenvalue weighted by Gasteiger charge is 2.17. The van der Waals surface area contributed by atoms with E-state index >= 15 is 0 Å². The molecule has 0 fully saturated rings. The molecule has 1 aromatic heterocycles. The van der Waals surface area contributed by atoms with Crippen molar-refractivity contribution in [2.75, 3.05) is 19.0 Å². The number of thiazole rings is 1. The number of ether oxygens (including phenoxy) is 2. The van der Waals surface area contributed by atoms with E-state index in [0.717, 1.165) is 28.3 Å². The molecule has 0 saturated heterocycles. The SMILES string of the molecule is CCCCCCOc1cccc(-c2sc(NC(C)=O)nc2C)c1OC. The Morgan fingerprint density at radius 2 is 2.08 bits per heavy atom. The Hall–Kier alpha value is -2.08. The van der Waals surface area contributed by atoms with Crippen molar-refractivity contribution >= 4 is 22.4 Å². The van der Waals surface area contributed by atoms with Crippen LogP contribution in [0.15, 0.2) is 18.2 Å². The maximum Gasteiger partial charge on any atom is 0.223 e. The molecule has 0 atom stereocenters. The first-order valence-corrected chi connectivity index (χ1v) is 9.43. The van der Waals surface area contributed by atoms with E-state index in [1.165, 1.54) is 37.5 Å². The summed E-state index contributed by atoms with van der Waals surface area (Å²) in [4.78, 5) is 16.6. The van der Waals surface area contributed by atoms with Gasteiger partial charge in [-0.05, 0) is 25.5 Å². The molecular formula is C19H26N2O3S.